The van der Waals surface area contributed by atoms with Gasteiger partial charge in [-0.2, -0.15) is 0 Å². The molecule has 2 N–H and O–H groups in total. The first-order chi connectivity index (χ1) is 9.47. The van der Waals surface area contributed by atoms with Crippen LogP contribution in [0.2, 0.25) is 0 Å². The van der Waals surface area contributed by atoms with E-state index in [1.165, 1.54) is 19.2 Å². The first-order valence-electron chi connectivity index (χ1n) is 6.26. The van der Waals surface area contributed by atoms with Crippen molar-refractivity contribution in [3.63, 3.8) is 0 Å². The number of carbonyl (C=O) groups excluding carboxylic acids is 1. The van der Waals surface area contributed by atoms with E-state index in [1.54, 1.807) is 19.9 Å². The van der Waals surface area contributed by atoms with Crippen LogP contribution in [0, 0.1) is 0 Å². The molecular formula is C14H19NO5. The van der Waals surface area contributed by atoms with Gasteiger partial charge in [-0.3, -0.25) is 4.79 Å². The van der Waals surface area contributed by atoms with Crippen LogP contribution in [0.3, 0.4) is 0 Å². The molecule has 1 aromatic carbocycles. The quantitative estimate of drug-likeness (QED) is 0.797. The molecule has 0 spiro atoms. The van der Waals surface area contributed by atoms with Gasteiger partial charge < -0.3 is 19.9 Å². The van der Waals surface area contributed by atoms with Crippen molar-refractivity contribution in [3.8, 4) is 0 Å². The molecule has 1 aromatic rings. The zero-order valence-electron chi connectivity index (χ0n) is 11.8. The van der Waals surface area contributed by atoms with Gasteiger partial charge in [0, 0.05) is 19.4 Å². The Morgan fingerprint density at radius 3 is 2.60 bits per heavy atom. The van der Waals surface area contributed by atoms with Crippen molar-refractivity contribution in [2.75, 3.05) is 19.0 Å². The Kier molecular flexibility index (Phi) is 6.14. The molecule has 0 saturated carbocycles. The third kappa shape index (κ3) is 4.64. The van der Waals surface area contributed by atoms with E-state index in [4.69, 9.17) is 14.6 Å². The molecule has 1 rings (SSSR count). The number of amides is 1. The molecule has 110 valence electrons. The van der Waals surface area contributed by atoms with Crippen LogP contribution < -0.4 is 5.32 Å². The maximum absolute atomic E-state index is 11.8. The molecule has 1 unspecified atom stereocenters. The van der Waals surface area contributed by atoms with Crippen molar-refractivity contribution < 1.29 is 24.2 Å². The number of carboxylic acids is 1. The summed E-state index contributed by atoms with van der Waals surface area (Å²) in [6.07, 6.45) is -0.598. The smallest absolute Gasteiger partial charge is 0.335 e. The Morgan fingerprint density at radius 1 is 1.35 bits per heavy atom. The Labute approximate surface area is 117 Å². The van der Waals surface area contributed by atoms with Gasteiger partial charge in [-0.25, -0.2) is 4.79 Å². The van der Waals surface area contributed by atoms with Crippen LogP contribution in [0.5, 0.6) is 0 Å². The predicted molar refractivity (Wildman–Crippen MR) is 73.8 cm³/mol. The summed E-state index contributed by atoms with van der Waals surface area (Å²) in [5.41, 5.74) is 1.18. The maximum atomic E-state index is 11.8. The van der Waals surface area contributed by atoms with Gasteiger partial charge in [0.1, 0.15) is 6.10 Å². The highest BCUT2D eigenvalue weighted by Gasteiger charge is 2.14. The van der Waals surface area contributed by atoms with Gasteiger partial charge in [0.25, 0.3) is 5.91 Å². The average molecular weight is 281 g/mol. The van der Waals surface area contributed by atoms with Gasteiger partial charge in [0.15, 0.2) is 0 Å². The second-order valence-electron chi connectivity index (χ2n) is 4.24. The van der Waals surface area contributed by atoms with E-state index in [-0.39, 0.29) is 18.1 Å². The molecular weight excluding hydrogens is 262 g/mol. The highest BCUT2D eigenvalue weighted by molar-refractivity contribution is 5.96. The minimum atomic E-state index is -1.06. The number of methoxy groups -OCH3 is 1. The van der Waals surface area contributed by atoms with E-state index in [2.05, 4.69) is 5.32 Å². The molecule has 0 aliphatic carbocycles. The molecule has 0 saturated heterocycles. The van der Waals surface area contributed by atoms with Gasteiger partial charge >= 0.3 is 5.97 Å². The van der Waals surface area contributed by atoms with Crippen LogP contribution in [-0.4, -0.2) is 36.8 Å². The fourth-order valence-electron chi connectivity index (χ4n) is 1.71. The summed E-state index contributed by atoms with van der Waals surface area (Å²) in [5, 5.41) is 11.7. The van der Waals surface area contributed by atoms with Crippen molar-refractivity contribution in [1.82, 2.24) is 0 Å². The molecule has 1 amide bonds. The standard InChI is InChI=1S/C14H19NO5/c1-4-20-9(2)13(16)15-12-6-10(8-19-3)5-11(7-12)14(17)18/h5-7,9H,4,8H2,1-3H3,(H,15,16)(H,17,18). The van der Waals surface area contributed by atoms with Gasteiger partial charge in [-0.15, -0.1) is 0 Å². The first kappa shape index (κ1) is 16.1. The Bertz CT molecular complexity index is 486. The molecule has 6 heteroatoms. The third-order valence-electron chi connectivity index (χ3n) is 2.60. The van der Waals surface area contributed by atoms with E-state index in [0.717, 1.165) is 0 Å². The molecule has 0 aromatic heterocycles. The second-order valence-corrected chi connectivity index (χ2v) is 4.24. The Balaban J connectivity index is 2.93. The fourth-order valence-corrected chi connectivity index (χ4v) is 1.71. The van der Waals surface area contributed by atoms with Crippen molar-refractivity contribution in [2.24, 2.45) is 0 Å². The lowest BCUT2D eigenvalue weighted by Crippen LogP contribution is -2.27. The molecule has 6 nitrogen and oxygen atoms in total. The van der Waals surface area contributed by atoms with Crippen LogP contribution in [-0.2, 0) is 20.9 Å². The van der Waals surface area contributed by atoms with E-state index >= 15 is 0 Å². The predicted octanol–water partition coefficient (Wildman–Crippen LogP) is 1.89. The number of carboxylic acid groups (broad SMARTS) is 1. The van der Waals surface area contributed by atoms with Gasteiger partial charge in [-0.1, -0.05) is 0 Å². The van der Waals surface area contributed by atoms with E-state index < -0.39 is 12.1 Å². The zero-order chi connectivity index (χ0) is 15.1. The van der Waals surface area contributed by atoms with Gasteiger partial charge in [-0.05, 0) is 37.6 Å². The highest BCUT2D eigenvalue weighted by Crippen LogP contribution is 2.16. The van der Waals surface area contributed by atoms with Crippen LogP contribution in [0.25, 0.3) is 0 Å². The summed E-state index contributed by atoms with van der Waals surface area (Å²) in [6, 6.07) is 4.58. The monoisotopic (exact) mass is 281 g/mol. The number of hydrogen-bond donors (Lipinski definition) is 2. The molecule has 0 bridgehead atoms. The summed E-state index contributed by atoms with van der Waals surface area (Å²) in [4.78, 5) is 22.9. The number of carbonyl (C=O) groups is 2. The van der Waals surface area contributed by atoms with E-state index in [9.17, 15) is 9.59 Å². The Morgan fingerprint density at radius 2 is 2.05 bits per heavy atom. The van der Waals surface area contributed by atoms with E-state index in [0.29, 0.717) is 17.9 Å². The minimum Gasteiger partial charge on any atom is -0.478 e. The summed E-state index contributed by atoms with van der Waals surface area (Å²) in [7, 11) is 1.52. The molecule has 0 radical (unpaired) electrons. The lowest BCUT2D eigenvalue weighted by molar-refractivity contribution is -0.126. The number of hydrogen-bond acceptors (Lipinski definition) is 4. The maximum Gasteiger partial charge on any atom is 0.335 e. The number of anilines is 1. The van der Waals surface area contributed by atoms with Gasteiger partial charge in [0.2, 0.25) is 0 Å². The lowest BCUT2D eigenvalue weighted by atomic mass is 10.1. The lowest BCUT2D eigenvalue weighted by Gasteiger charge is -2.13. The van der Waals surface area contributed by atoms with Crippen molar-refractivity contribution in [3.05, 3.63) is 29.3 Å². The summed E-state index contributed by atoms with van der Waals surface area (Å²) >= 11 is 0. The van der Waals surface area contributed by atoms with Crippen LogP contribution in [0.1, 0.15) is 29.8 Å². The minimum absolute atomic E-state index is 0.0962. The largest absolute Gasteiger partial charge is 0.478 e. The zero-order valence-corrected chi connectivity index (χ0v) is 11.8. The number of aromatic carboxylic acids is 1. The third-order valence-corrected chi connectivity index (χ3v) is 2.60. The van der Waals surface area contributed by atoms with Crippen LogP contribution in [0.4, 0.5) is 5.69 Å². The molecule has 1 atom stereocenters. The van der Waals surface area contributed by atoms with Crippen molar-refractivity contribution >= 4 is 17.6 Å². The van der Waals surface area contributed by atoms with Gasteiger partial charge in [0.05, 0.1) is 12.2 Å². The molecule has 0 aliphatic rings. The average Bonchev–Trinajstić information content (AvgIpc) is 2.39. The number of nitrogens with one attached hydrogen (secondary N) is 1. The summed E-state index contributed by atoms with van der Waals surface area (Å²) in [5.74, 6) is -1.38. The Hall–Kier alpha value is -1.92. The first-order valence-corrected chi connectivity index (χ1v) is 6.26. The van der Waals surface area contributed by atoms with Crippen LogP contribution >= 0.6 is 0 Å². The van der Waals surface area contributed by atoms with Crippen molar-refractivity contribution in [2.45, 2.75) is 26.6 Å². The van der Waals surface area contributed by atoms with Crippen molar-refractivity contribution in [1.29, 1.82) is 0 Å². The molecule has 0 aliphatic heterocycles. The topological polar surface area (TPSA) is 84.9 Å². The van der Waals surface area contributed by atoms with Crippen LogP contribution in [0.15, 0.2) is 18.2 Å². The second kappa shape index (κ2) is 7.62. The summed E-state index contributed by atoms with van der Waals surface area (Å²) < 4.78 is 10.2. The fraction of sp³-hybridized carbons (Fsp3) is 0.429. The number of rotatable bonds is 7. The normalized spacial score (nSPS) is 11.9. The number of ether oxygens (including phenoxy) is 2. The highest BCUT2D eigenvalue weighted by atomic mass is 16.5. The summed E-state index contributed by atoms with van der Waals surface area (Å²) in [6.45, 7) is 4.13. The number of benzene rings is 1. The molecule has 0 heterocycles. The SMILES string of the molecule is CCOC(C)C(=O)Nc1cc(COC)cc(C(=O)O)c1. The molecule has 0 fully saturated rings. The van der Waals surface area contributed by atoms with E-state index in [1.807, 2.05) is 0 Å². The molecule has 20 heavy (non-hydrogen) atoms.